The van der Waals surface area contributed by atoms with Crippen molar-refractivity contribution in [2.24, 2.45) is 0 Å². The van der Waals surface area contributed by atoms with E-state index in [-0.39, 0.29) is 46.4 Å². The number of benzene rings is 1. The molecule has 0 spiro atoms. The lowest BCUT2D eigenvalue weighted by Gasteiger charge is -2.19. The average molecular weight is 476 g/mol. The van der Waals surface area contributed by atoms with Crippen LogP contribution < -0.4 is 10.1 Å². The molecule has 1 aromatic heterocycles. The highest BCUT2D eigenvalue weighted by Crippen LogP contribution is 2.34. The number of carbonyl (C=O) groups excluding carboxylic acids is 3. The molecule has 0 atom stereocenters. The summed E-state index contributed by atoms with van der Waals surface area (Å²) in [6.45, 7) is 12.3. The first kappa shape index (κ1) is 26.4. The quantitative estimate of drug-likeness (QED) is 0.360. The van der Waals surface area contributed by atoms with E-state index in [1.165, 1.54) is 5.56 Å². The molecule has 0 unspecified atom stereocenters. The van der Waals surface area contributed by atoms with E-state index in [0.717, 1.165) is 17.1 Å². The SMILES string of the molecule is CCOC(=O)c1sc(NC(=O)CCCOc2ccc(C(C)(C)C)cc2)c(C(=O)OCC)c1C. The average Bonchev–Trinajstić information content (AvgIpc) is 3.07. The molecule has 33 heavy (non-hydrogen) atoms. The van der Waals surface area contributed by atoms with Crippen LogP contribution in [0.25, 0.3) is 0 Å². The minimum absolute atomic E-state index is 0.0757. The van der Waals surface area contributed by atoms with Crippen LogP contribution in [0.15, 0.2) is 24.3 Å². The number of nitrogens with one attached hydrogen (secondary N) is 1. The van der Waals surface area contributed by atoms with Gasteiger partial charge in [-0.3, -0.25) is 4.79 Å². The smallest absolute Gasteiger partial charge is 0.348 e. The Morgan fingerprint density at radius 2 is 1.58 bits per heavy atom. The summed E-state index contributed by atoms with van der Waals surface area (Å²) in [6.07, 6.45) is 0.699. The fraction of sp³-hybridized carbons (Fsp3) is 0.480. The molecule has 1 amide bonds. The van der Waals surface area contributed by atoms with Gasteiger partial charge < -0.3 is 19.5 Å². The van der Waals surface area contributed by atoms with Crippen LogP contribution >= 0.6 is 11.3 Å². The molecular weight excluding hydrogens is 442 g/mol. The third-order valence-electron chi connectivity index (χ3n) is 4.88. The van der Waals surface area contributed by atoms with Crippen LogP contribution in [0.5, 0.6) is 5.75 Å². The molecule has 2 rings (SSSR count). The summed E-state index contributed by atoms with van der Waals surface area (Å²) < 4.78 is 15.9. The van der Waals surface area contributed by atoms with Gasteiger partial charge in [0.05, 0.1) is 25.4 Å². The first-order valence-electron chi connectivity index (χ1n) is 11.1. The summed E-state index contributed by atoms with van der Waals surface area (Å²) >= 11 is 1.02. The predicted octanol–water partition coefficient (Wildman–Crippen LogP) is 5.51. The van der Waals surface area contributed by atoms with E-state index in [0.29, 0.717) is 18.6 Å². The molecule has 0 radical (unpaired) electrons. The van der Waals surface area contributed by atoms with E-state index in [1.54, 1.807) is 20.8 Å². The molecule has 7 nitrogen and oxygen atoms in total. The summed E-state index contributed by atoms with van der Waals surface area (Å²) in [4.78, 5) is 37.4. The van der Waals surface area contributed by atoms with Crippen LogP contribution in [-0.4, -0.2) is 37.7 Å². The largest absolute Gasteiger partial charge is 0.494 e. The highest BCUT2D eigenvalue weighted by Gasteiger charge is 2.27. The van der Waals surface area contributed by atoms with E-state index in [1.807, 2.05) is 24.3 Å². The van der Waals surface area contributed by atoms with Crippen LogP contribution in [0.1, 0.15) is 78.6 Å². The van der Waals surface area contributed by atoms with Gasteiger partial charge in [0.2, 0.25) is 5.91 Å². The molecule has 180 valence electrons. The fourth-order valence-corrected chi connectivity index (χ4v) is 4.21. The Morgan fingerprint density at radius 1 is 0.970 bits per heavy atom. The van der Waals surface area contributed by atoms with Gasteiger partial charge >= 0.3 is 11.9 Å². The maximum absolute atomic E-state index is 12.5. The first-order valence-corrected chi connectivity index (χ1v) is 11.9. The number of ether oxygens (including phenoxy) is 3. The Kier molecular flexibility index (Phi) is 9.46. The van der Waals surface area contributed by atoms with Gasteiger partial charge in [0, 0.05) is 6.42 Å². The molecule has 0 aliphatic carbocycles. The van der Waals surface area contributed by atoms with Crippen molar-refractivity contribution in [2.75, 3.05) is 25.1 Å². The topological polar surface area (TPSA) is 90.9 Å². The summed E-state index contributed by atoms with van der Waals surface area (Å²) in [5.41, 5.74) is 1.93. The number of amides is 1. The van der Waals surface area contributed by atoms with Crippen LogP contribution in [0.3, 0.4) is 0 Å². The van der Waals surface area contributed by atoms with Crippen LogP contribution in [0, 0.1) is 6.92 Å². The highest BCUT2D eigenvalue weighted by atomic mass is 32.1. The molecule has 1 aromatic carbocycles. The Bertz CT molecular complexity index is 972. The Morgan fingerprint density at radius 3 is 2.15 bits per heavy atom. The van der Waals surface area contributed by atoms with Gasteiger partial charge in [0.25, 0.3) is 0 Å². The standard InChI is InChI=1S/C25H33NO6S/c1-7-30-23(28)20-16(3)21(24(29)31-8-2)33-22(20)26-19(27)10-9-15-32-18-13-11-17(12-14-18)25(4,5)6/h11-14H,7-10,15H2,1-6H3,(H,26,27). The van der Waals surface area contributed by atoms with Crippen molar-refractivity contribution in [1.82, 2.24) is 0 Å². The van der Waals surface area contributed by atoms with Crippen LogP contribution in [0.2, 0.25) is 0 Å². The number of esters is 2. The highest BCUT2D eigenvalue weighted by molar-refractivity contribution is 7.18. The number of thiophene rings is 1. The normalized spacial score (nSPS) is 11.1. The van der Waals surface area contributed by atoms with Gasteiger partial charge in [-0.05, 0) is 55.9 Å². The molecule has 0 aliphatic rings. The predicted molar refractivity (Wildman–Crippen MR) is 129 cm³/mol. The Balaban J connectivity index is 1.97. The molecule has 0 saturated heterocycles. The van der Waals surface area contributed by atoms with Gasteiger partial charge in [-0.2, -0.15) is 0 Å². The fourth-order valence-electron chi connectivity index (χ4n) is 3.10. The van der Waals surface area contributed by atoms with E-state index in [4.69, 9.17) is 14.2 Å². The van der Waals surface area contributed by atoms with Crippen molar-refractivity contribution in [2.45, 2.75) is 59.8 Å². The lowest BCUT2D eigenvalue weighted by Crippen LogP contribution is -2.15. The second-order valence-corrected chi connectivity index (χ2v) is 9.50. The maximum atomic E-state index is 12.5. The maximum Gasteiger partial charge on any atom is 0.348 e. The molecule has 0 saturated carbocycles. The summed E-state index contributed by atoms with van der Waals surface area (Å²) in [6, 6.07) is 7.94. The van der Waals surface area contributed by atoms with Crippen molar-refractivity contribution in [3.63, 3.8) is 0 Å². The number of anilines is 1. The van der Waals surface area contributed by atoms with Gasteiger partial charge in [-0.15, -0.1) is 11.3 Å². The minimum Gasteiger partial charge on any atom is -0.494 e. The Hall–Kier alpha value is -2.87. The lowest BCUT2D eigenvalue weighted by atomic mass is 9.87. The number of carbonyl (C=O) groups is 3. The molecule has 1 heterocycles. The van der Waals surface area contributed by atoms with E-state index < -0.39 is 11.9 Å². The van der Waals surface area contributed by atoms with Crippen molar-refractivity contribution in [1.29, 1.82) is 0 Å². The van der Waals surface area contributed by atoms with Crippen molar-refractivity contribution in [3.05, 3.63) is 45.8 Å². The van der Waals surface area contributed by atoms with Gasteiger partial charge in [-0.1, -0.05) is 32.9 Å². The Labute approximate surface area is 199 Å². The zero-order valence-corrected chi connectivity index (χ0v) is 21.0. The van der Waals surface area contributed by atoms with Crippen molar-refractivity contribution >= 4 is 34.2 Å². The van der Waals surface area contributed by atoms with E-state index in [9.17, 15) is 14.4 Å². The third-order valence-corrected chi connectivity index (χ3v) is 6.06. The minimum atomic E-state index is -0.584. The van der Waals surface area contributed by atoms with Crippen LogP contribution in [0.4, 0.5) is 5.00 Å². The lowest BCUT2D eigenvalue weighted by molar-refractivity contribution is -0.116. The molecule has 1 N–H and O–H groups in total. The molecule has 0 aliphatic heterocycles. The first-order chi connectivity index (χ1) is 15.6. The van der Waals surface area contributed by atoms with Gasteiger partial charge in [-0.25, -0.2) is 9.59 Å². The van der Waals surface area contributed by atoms with Crippen LogP contribution in [-0.2, 0) is 19.7 Å². The van der Waals surface area contributed by atoms with Crippen molar-refractivity contribution < 1.29 is 28.6 Å². The number of rotatable bonds is 10. The summed E-state index contributed by atoms with van der Waals surface area (Å²) in [7, 11) is 0. The molecule has 0 bridgehead atoms. The summed E-state index contributed by atoms with van der Waals surface area (Å²) in [5, 5.41) is 3.04. The second-order valence-electron chi connectivity index (χ2n) is 8.48. The van der Waals surface area contributed by atoms with E-state index in [2.05, 4.69) is 26.1 Å². The zero-order valence-electron chi connectivity index (χ0n) is 20.2. The van der Waals surface area contributed by atoms with E-state index >= 15 is 0 Å². The number of hydrogen-bond donors (Lipinski definition) is 1. The molecule has 0 fully saturated rings. The summed E-state index contributed by atoms with van der Waals surface area (Å²) in [5.74, 6) is -0.638. The third kappa shape index (κ3) is 7.32. The molecule has 8 heteroatoms. The molecular formula is C25H33NO6S. The van der Waals surface area contributed by atoms with Gasteiger partial charge in [0.15, 0.2) is 0 Å². The van der Waals surface area contributed by atoms with Gasteiger partial charge in [0.1, 0.15) is 15.6 Å². The zero-order chi connectivity index (χ0) is 24.6. The van der Waals surface area contributed by atoms with Crippen molar-refractivity contribution in [3.8, 4) is 5.75 Å². The molecule has 2 aromatic rings. The monoisotopic (exact) mass is 475 g/mol. The second kappa shape index (κ2) is 11.8. The number of hydrogen-bond acceptors (Lipinski definition) is 7.